The van der Waals surface area contributed by atoms with Crippen molar-refractivity contribution in [1.82, 2.24) is 5.01 Å². The van der Waals surface area contributed by atoms with Crippen molar-refractivity contribution in [1.29, 1.82) is 0 Å². The first-order valence-electron chi connectivity index (χ1n) is 7.94. The summed E-state index contributed by atoms with van der Waals surface area (Å²) >= 11 is 1.62. The number of benzene rings is 1. The molecule has 1 aliphatic rings. The lowest BCUT2D eigenvalue weighted by molar-refractivity contribution is -0.132. The molecule has 0 fully saturated rings. The maximum absolute atomic E-state index is 12.5. The highest BCUT2D eigenvalue weighted by atomic mass is 32.1. The third-order valence-electron chi connectivity index (χ3n) is 4.02. The van der Waals surface area contributed by atoms with Gasteiger partial charge in [0.25, 0.3) is 0 Å². The lowest BCUT2D eigenvalue weighted by Crippen LogP contribution is -2.26. The van der Waals surface area contributed by atoms with Crippen LogP contribution in [0, 0.1) is 0 Å². The number of hydrogen-bond donors (Lipinski definition) is 1. The number of thiophene rings is 1. The fourth-order valence-electron chi connectivity index (χ4n) is 2.82. The number of phenolic OH excluding ortho intramolecular Hbond substituents is 1. The van der Waals surface area contributed by atoms with Crippen molar-refractivity contribution < 1.29 is 14.6 Å². The zero-order valence-electron chi connectivity index (χ0n) is 13.7. The predicted molar refractivity (Wildman–Crippen MR) is 94.6 cm³/mol. The first-order chi connectivity index (χ1) is 11.6. The molecule has 2 aromatic rings. The Morgan fingerprint density at radius 3 is 2.92 bits per heavy atom. The number of rotatable bonds is 5. The van der Waals surface area contributed by atoms with E-state index in [0.29, 0.717) is 24.2 Å². The molecule has 1 aromatic carbocycles. The SMILES string of the molecule is CCCC(=O)N1N=C(c2ccc(OC)cc2O)C[C@@H]1c1cccs1. The van der Waals surface area contributed by atoms with Gasteiger partial charge in [0.1, 0.15) is 11.5 Å². The second-order valence-electron chi connectivity index (χ2n) is 5.65. The summed E-state index contributed by atoms with van der Waals surface area (Å²) in [5.74, 6) is 0.713. The molecule has 0 radical (unpaired) electrons. The number of hydrogen-bond acceptors (Lipinski definition) is 5. The zero-order valence-corrected chi connectivity index (χ0v) is 14.5. The van der Waals surface area contributed by atoms with Crippen molar-refractivity contribution in [3.8, 4) is 11.5 Å². The first kappa shape index (κ1) is 16.5. The highest BCUT2D eigenvalue weighted by Crippen LogP contribution is 2.37. The van der Waals surface area contributed by atoms with Crippen LogP contribution in [-0.4, -0.2) is 28.8 Å². The molecule has 0 spiro atoms. The summed E-state index contributed by atoms with van der Waals surface area (Å²) < 4.78 is 5.12. The van der Waals surface area contributed by atoms with Crippen LogP contribution in [0.5, 0.6) is 11.5 Å². The van der Waals surface area contributed by atoms with Crippen LogP contribution in [0.3, 0.4) is 0 Å². The molecule has 0 bridgehead atoms. The van der Waals surface area contributed by atoms with E-state index in [1.54, 1.807) is 41.7 Å². The molecule has 24 heavy (non-hydrogen) atoms. The van der Waals surface area contributed by atoms with E-state index in [4.69, 9.17) is 4.74 Å². The number of nitrogens with zero attached hydrogens (tertiary/aromatic N) is 2. The van der Waals surface area contributed by atoms with Gasteiger partial charge in [0.05, 0.1) is 18.9 Å². The topological polar surface area (TPSA) is 62.1 Å². The predicted octanol–water partition coefficient (Wildman–Crippen LogP) is 3.94. The number of hydrazone groups is 1. The Morgan fingerprint density at radius 1 is 1.46 bits per heavy atom. The molecule has 126 valence electrons. The molecule has 1 atom stereocenters. The third kappa shape index (κ3) is 3.14. The van der Waals surface area contributed by atoms with Gasteiger partial charge >= 0.3 is 0 Å². The van der Waals surface area contributed by atoms with Crippen molar-refractivity contribution in [2.24, 2.45) is 5.10 Å². The van der Waals surface area contributed by atoms with E-state index in [-0.39, 0.29) is 17.7 Å². The molecule has 6 heteroatoms. The summed E-state index contributed by atoms with van der Waals surface area (Å²) in [6.07, 6.45) is 1.84. The number of carbonyl (C=O) groups is 1. The summed E-state index contributed by atoms with van der Waals surface area (Å²) in [6.45, 7) is 1.98. The Labute approximate surface area is 145 Å². The molecular weight excluding hydrogens is 324 g/mol. The van der Waals surface area contributed by atoms with Crippen LogP contribution in [0.1, 0.15) is 42.7 Å². The van der Waals surface area contributed by atoms with Gasteiger partial charge in [0, 0.05) is 29.3 Å². The van der Waals surface area contributed by atoms with Crippen molar-refractivity contribution in [3.05, 3.63) is 46.2 Å². The number of amides is 1. The molecule has 2 heterocycles. The molecule has 1 aliphatic heterocycles. The van der Waals surface area contributed by atoms with E-state index in [9.17, 15) is 9.90 Å². The van der Waals surface area contributed by atoms with E-state index in [1.807, 2.05) is 24.4 Å². The Morgan fingerprint density at radius 2 is 2.29 bits per heavy atom. The normalized spacial score (nSPS) is 17.0. The first-order valence-corrected chi connectivity index (χ1v) is 8.82. The van der Waals surface area contributed by atoms with Gasteiger partial charge in [-0.15, -0.1) is 11.3 Å². The van der Waals surface area contributed by atoms with Crippen molar-refractivity contribution in [2.75, 3.05) is 7.11 Å². The standard InChI is InChI=1S/C18H20N2O3S/c1-3-5-18(22)20-15(17-6-4-9-24-17)11-14(19-20)13-8-7-12(23-2)10-16(13)21/h4,6-10,15,21H,3,5,11H2,1-2H3/t15-/m1/s1. The van der Waals surface area contributed by atoms with Crippen LogP contribution < -0.4 is 4.74 Å². The summed E-state index contributed by atoms with van der Waals surface area (Å²) in [5.41, 5.74) is 1.36. The Balaban J connectivity index is 1.94. The molecule has 0 unspecified atom stereocenters. The maximum Gasteiger partial charge on any atom is 0.243 e. The lowest BCUT2D eigenvalue weighted by atomic mass is 10.0. The van der Waals surface area contributed by atoms with Gasteiger partial charge in [0.2, 0.25) is 5.91 Å². The average Bonchev–Trinajstić information content (AvgIpc) is 3.24. The average molecular weight is 344 g/mol. The molecule has 3 rings (SSSR count). The van der Waals surface area contributed by atoms with Gasteiger partial charge in [-0.3, -0.25) is 4.79 Å². The van der Waals surface area contributed by atoms with E-state index in [2.05, 4.69) is 5.10 Å². The molecule has 1 N–H and O–H groups in total. The number of carbonyl (C=O) groups excluding carboxylic acids is 1. The number of phenols is 1. The quantitative estimate of drug-likeness (QED) is 0.893. The van der Waals surface area contributed by atoms with Gasteiger partial charge in [-0.05, 0) is 30.0 Å². The minimum absolute atomic E-state index is 0.0129. The molecule has 1 aromatic heterocycles. The summed E-state index contributed by atoms with van der Waals surface area (Å²) in [5, 5.41) is 18.4. The minimum atomic E-state index is -0.0967. The zero-order chi connectivity index (χ0) is 17.1. The summed E-state index contributed by atoms with van der Waals surface area (Å²) in [7, 11) is 1.56. The van der Waals surface area contributed by atoms with Crippen LogP contribution in [0.2, 0.25) is 0 Å². The van der Waals surface area contributed by atoms with Crippen LogP contribution in [-0.2, 0) is 4.79 Å². The number of ether oxygens (including phenoxy) is 1. The Kier molecular flexibility index (Phi) is 4.85. The minimum Gasteiger partial charge on any atom is -0.507 e. The van der Waals surface area contributed by atoms with Gasteiger partial charge in [-0.2, -0.15) is 5.10 Å². The Hall–Kier alpha value is -2.34. The summed E-state index contributed by atoms with van der Waals surface area (Å²) in [4.78, 5) is 13.6. The molecule has 0 saturated carbocycles. The second-order valence-corrected chi connectivity index (χ2v) is 6.63. The van der Waals surface area contributed by atoms with Crippen LogP contribution >= 0.6 is 11.3 Å². The molecule has 0 saturated heterocycles. The second kappa shape index (κ2) is 7.05. The largest absolute Gasteiger partial charge is 0.507 e. The third-order valence-corrected chi connectivity index (χ3v) is 4.99. The highest BCUT2D eigenvalue weighted by Gasteiger charge is 2.34. The molecule has 0 aliphatic carbocycles. The van der Waals surface area contributed by atoms with E-state index in [1.165, 1.54) is 0 Å². The Bertz CT molecular complexity index is 756. The van der Waals surface area contributed by atoms with Gasteiger partial charge in [0.15, 0.2) is 0 Å². The van der Waals surface area contributed by atoms with Crippen LogP contribution in [0.15, 0.2) is 40.8 Å². The van der Waals surface area contributed by atoms with E-state index < -0.39 is 0 Å². The number of aromatic hydroxyl groups is 1. The monoisotopic (exact) mass is 344 g/mol. The fraction of sp³-hybridized carbons (Fsp3) is 0.333. The van der Waals surface area contributed by atoms with Crippen molar-refractivity contribution in [3.63, 3.8) is 0 Å². The molecular formula is C18H20N2O3S. The van der Waals surface area contributed by atoms with Crippen LogP contribution in [0.25, 0.3) is 0 Å². The maximum atomic E-state index is 12.5. The number of methoxy groups -OCH3 is 1. The van der Waals surface area contributed by atoms with Gasteiger partial charge < -0.3 is 9.84 Å². The fourth-order valence-corrected chi connectivity index (χ4v) is 3.63. The van der Waals surface area contributed by atoms with Gasteiger partial charge in [-0.1, -0.05) is 13.0 Å². The molecule has 1 amide bonds. The summed E-state index contributed by atoms with van der Waals surface area (Å²) in [6, 6.07) is 9.04. The van der Waals surface area contributed by atoms with Crippen molar-refractivity contribution >= 4 is 23.0 Å². The molecule has 5 nitrogen and oxygen atoms in total. The van der Waals surface area contributed by atoms with Gasteiger partial charge in [-0.25, -0.2) is 5.01 Å². The van der Waals surface area contributed by atoms with E-state index in [0.717, 1.165) is 17.0 Å². The lowest BCUT2D eigenvalue weighted by Gasteiger charge is -2.20. The van der Waals surface area contributed by atoms with Crippen LogP contribution in [0.4, 0.5) is 0 Å². The van der Waals surface area contributed by atoms with Crippen molar-refractivity contribution in [2.45, 2.75) is 32.2 Å². The highest BCUT2D eigenvalue weighted by molar-refractivity contribution is 7.10. The van der Waals surface area contributed by atoms with E-state index >= 15 is 0 Å². The smallest absolute Gasteiger partial charge is 0.243 e.